The lowest BCUT2D eigenvalue weighted by molar-refractivity contribution is 0.623. The van der Waals surface area contributed by atoms with E-state index in [1.807, 2.05) is 11.8 Å². The fourth-order valence-corrected chi connectivity index (χ4v) is 3.18. The lowest BCUT2D eigenvalue weighted by Gasteiger charge is -2.27. The summed E-state index contributed by atoms with van der Waals surface area (Å²) in [7, 11) is 0. The molecule has 0 saturated heterocycles. The maximum absolute atomic E-state index is 6.09. The van der Waals surface area contributed by atoms with Gasteiger partial charge in [-0.25, -0.2) is 0 Å². The SMILES string of the molecule is Cc1cccc2c1SC(C)CC2N. The van der Waals surface area contributed by atoms with E-state index in [1.54, 1.807) is 0 Å². The number of aryl methyl sites for hydroxylation is 1. The summed E-state index contributed by atoms with van der Waals surface area (Å²) in [5.74, 6) is 0. The highest BCUT2D eigenvalue weighted by atomic mass is 32.2. The van der Waals surface area contributed by atoms with Gasteiger partial charge in [0, 0.05) is 16.2 Å². The van der Waals surface area contributed by atoms with E-state index >= 15 is 0 Å². The van der Waals surface area contributed by atoms with Crippen LogP contribution in [0.1, 0.15) is 30.5 Å². The number of hydrogen-bond acceptors (Lipinski definition) is 2. The van der Waals surface area contributed by atoms with Crippen LogP contribution in [0.15, 0.2) is 23.1 Å². The van der Waals surface area contributed by atoms with Crippen molar-refractivity contribution >= 4 is 11.8 Å². The molecule has 0 aliphatic carbocycles. The number of benzene rings is 1. The lowest BCUT2D eigenvalue weighted by Crippen LogP contribution is -2.20. The van der Waals surface area contributed by atoms with Gasteiger partial charge in [-0.05, 0) is 24.5 Å². The number of nitrogens with two attached hydrogens (primary N) is 1. The molecule has 1 heterocycles. The van der Waals surface area contributed by atoms with Crippen LogP contribution < -0.4 is 5.73 Å². The van der Waals surface area contributed by atoms with Gasteiger partial charge in [-0.1, -0.05) is 25.1 Å². The second-order valence-electron chi connectivity index (χ2n) is 3.76. The van der Waals surface area contributed by atoms with Crippen molar-refractivity contribution in [3.8, 4) is 0 Å². The second kappa shape index (κ2) is 3.35. The zero-order valence-electron chi connectivity index (χ0n) is 8.08. The highest BCUT2D eigenvalue weighted by Gasteiger charge is 2.22. The normalized spacial score (nSPS) is 27.0. The Morgan fingerprint density at radius 1 is 1.46 bits per heavy atom. The van der Waals surface area contributed by atoms with Crippen molar-refractivity contribution in [2.24, 2.45) is 5.73 Å². The fourth-order valence-electron chi connectivity index (χ4n) is 1.86. The minimum atomic E-state index is 0.242. The van der Waals surface area contributed by atoms with Gasteiger partial charge in [0.05, 0.1) is 0 Å². The zero-order chi connectivity index (χ0) is 9.42. The van der Waals surface area contributed by atoms with Gasteiger partial charge >= 0.3 is 0 Å². The molecule has 1 aromatic rings. The van der Waals surface area contributed by atoms with E-state index in [4.69, 9.17) is 5.73 Å². The first-order chi connectivity index (χ1) is 6.18. The van der Waals surface area contributed by atoms with Gasteiger partial charge in [-0.15, -0.1) is 11.8 Å². The van der Waals surface area contributed by atoms with E-state index < -0.39 is 0 Å². The minimum Gasteiger partial charge on any atom is -0.324 e. The molecule has 2 unspecified atom stereocenters. The Balaban J connectivity index is 2.49. The van der Waals surface area contributed by atoms with E-state index in [2.05, 4.69) is 32.0 Å². The lowest BCUT2D eigenvalue weighted by atomic mass is 10.0. The molecule has 2 N–H and O–H groups in total. The van der Waals surface area contributed by atoms with Gasteiger partial charge in [-0.3, -0.25) is 0 Å². The highest BCUT2D eigenvalue weighted by Crippen LogP contribution is 2.40. The molecule has 0 bridgehead atoms. The van der Waals surface area contributed by atoms with Gasteiger partial charge < -0.3 is 5.73 Å². The molecule has 1 nitrogen and oxygen atoms in total. The summed E-state index contributed by atoms with van der Waals surface area (Å²) in [4.78, 5) is 1.41. The molecule has 1 aromatic carbocycles. The first kappa shape index (κ1) is 9.10. The molecule has 2 rings (SSSR count). The summed E-state index contributed by atoms with van der Waals surface area (Å²) in [6.07, 6.45) is 1.10. The molecule has 2 atom stereocenters. The van der Waals surface area contributed by atoms with Crippen LogP contribution in [-0.2, 0) is 0 Å². The Morgan fingerprint density at radius 3 is 3.00 bits per heavy atom. The Labute approximate surface area is 83.7 Å². The third kappa shape index (κ3) is 1.61. The Kier molecular flexibility index (Phi) is 2.35. The zero-order valence-corrected chi connectivity index (χ0v) is 8.90. The maximum atomic E-state index is 6.09. The fraction of sp³-hybridized carbons (Fsp3) is 0.455. The third-order valence-electron chi connectivity index (χ3n) is 2.55. The molecule has 1 aliphatic rings. The molecule has 0 spiro atoms. The van der Waals surface area contributed by atoms with Crippen molar-refractivity contribution in [1.29, 1.82) is 0 Å². The van der Waals surface area contributed by atoms with Crippen LogP contribution in [0.25, 0.3) is 0 Å². The summed E-state index contributed by atoms with van der Waals surface area (Å²) in [5, 5.41) is 0.656. The van der Waals surface area contributed by atoms with Crippen molar-refractivity contribution < 1.29 is 0 Å². The molecule has 0 radical (unpaired) electrons. The summed E-state index contributed by atoms with van der Waals surface area (Å²) >= 11 is 1.96. The Morgan fingerprint density at radius 2 is 2.23 bits per heavy atom. The van der Waals surface area contributed by atoms with Crippen molar-refractivity contribution in [2.75, 3.05) is 0 Å². The van der Waals surface area contributed by atoms with Crippen LogP contribution >= 0.6 is 11.8 Å². The molecule has 0 fully saturated rings. The number of thioether (sulfide) groups is 1. The minimum absolute atomic E-state index is 0.242. The molecule has 0 amide bonds. The summed E-state index contributed by atoms with van der Waals surface area (Å²) in [5.41, 5.74) is 8.79. The predicted octanol–water partition coefficient (Wildman–Crippen LogP) is 2.88. The van der Waals surface area contributed by atoms with Crippen LogP contribution in [0.3, 0.4) is 0 Å². The summed E-state index contributed by atoms with van der Waals surface area (Å²) in [6, 6.07) is 6.67. The molecule has 0 saturated carbocycles. The van der Waals surface area contributed by atoms with E-state index in [1.165, 1.54) is 16.0 Å². The van der Waals surface area contributed by atoms with Gasteiger partial charge in [0.2, 0.25) is 0 Å². The molecule has 0 aromatic heterocycles. The predicted molar refractivity (Wildman–Crippen MR) is 58.0 cm³/mol. The van der Waals surface area contributed by atoms with E-state index in [0.717, 1.165) is 6.42 Å². The van der Waals surface area contributed by atoms with Gasteiger partial charge in [0.1, 0.15) is 0 Å². The molecule has 13 heavy (non-hydrogen) atoms. The average Bonchev–Trinajstić information content (AvgIpc) is 2.07. The average molecular weight is 193 g/mol. The first-order valence-electron chi connectivity index (χ1n) is 4.70. The largest absolute Gasteiger partial charge is 0.324 e. The van der Waals surface area contributed by atoms with Gasteiger partial charge in [0.25, 0.3) is 0 Å². The second-order valence-corrected chi connectivity index (χ2v) is 5.21. The van der Waals surface area contributed by atoms with Crippen LogP contribution in [0.5, 0.6) is 0 Å². The van der Waals surface area contributed by atoms with Crippen molar-refractivity contribution in [1.82, 2.24) is 0 Å². The van der Waals surface area contributed by atoms with Crippen LogP contribution in [0, 0.1) is 6.92 Å². The monoisotopic (exact) mass is 193 g/mol. The van der Waals surface area contributed by atoms with E-state index in [0.29, 0.717) is 5.25 Å². The van der Waals surface area contributed by atoms with Crippen LogP contribution in [0.4, 0.5) is 0 Å². The van der Waals surface area contributed by atoms with Crippen LogP contribution in [-0.4, -0.2) is 5.25 Å². The van der Waals surface area contributed by atoms with Crippen molar-refractivity contribution in [3.63, 3.8) is 0 Å². The highest BCUT2D eigenvalue weighted by molar-refractivity contribution is 8.00. The topological polar surface area (TPSA) is 26.0 Å². The molecular formula is C11H15NS. The molecular weight excluding hydrogens is 178 g/mol. The smallest absolute Gasteiger partial charge is 0.0316 e. The first-order valence-corrected chi connectivity index (χ1v) is 5.58. The Hall–Kier alpha value is -0.470. The van der Waals surface area contributed by atoms with Crippen molar-refractivity contribution in [3.05, 3.63) is 29.3 Å². The van der Waals surface area contributed by atoms with E-state index in [9.17, 15) is 0 Å². The number of rotatable bonds is 0. The summed E-state index contributed by atoms with van der Waals surface area (Å²) < 4.78 is 0. The standard InChI is InChI=1S/C11H15NS/c1-7-4-3-5-9-10(12)6-8(2)13-11(7)9/h3-5,8,10H,6,12H2,1-2H3. The summed E-state index contributed by atoms with van der Waals surface area (Å²) in [6.45, 7) is 4.41. The molecule has 70 valence electrons. The van der Waals surface area contributed by atoms with E-state index in [-0.39, 0.29) is 6.04 Å². The van der Waals surface area contributed by atoms with Gasteiger partial charge in [0.15, 0.2) is 0 Å². The quantitative estimate of drug-likeness (QED) is 0.685. The number of fused-ring (bicyclic) bond motifs is 1. The molecule has 1 aliphatic heterocycles. The van der Waals surface area contributed by atoms with Crippen LogP contribution in [0.2, 0.25) is 0 Å². The van der Waals surface area contributed by atoms with Gasteiger partial charge in [-0.2, -0.15) is 0 Å². The third-order valence-corrected chi connectivity index (χ3v) is 3.93. The molecule has 2 heteroatoms. The number of hydrogen-bond donors (Lipinski definition) is 1. The maximum Gasteiger partial charge on any atom is 0.0316 e. The Bertz CT molecular complexity index is 322. The van der Waals surface area contributed by atoms with Crippen molar-refractivity contribution in [2.45, 2.75) is 36.5 Å².